The third kappa shape index (κ3) is 5.18. The van der Waals surface area contributed by atoms with E-state index in [0.29, 0.717) is 12.2 Å². The normalized spacial score (nSPS) is 14.9. The number of amides is 1. The van der Waals surface area contributed by atoms with Gasteiger partial charge in [-0.2, -0.15) is 4.99 Å². The van der Waals surface area contributed by atoms with Crippen molar-refractivity contribution in [1.29, 1.82) is 0 Å². The van der Waals surface area contributed by atoms with Crippen molar-refractivity contribution in [2.24, 2.45) is 16.5 Å². The Bertz CT molecular complexity index is 767. The number of nitrogens with two attached hydrogens (primary N) is 2. The topological polar surface area (TPSA) is 131 Å². The second-order valence-electron chi connectivity index (χ2n) is 6.32. The van der Waals surface area contributed by atoms with Gasteiger partial charge in [-0.15, -0.1) is 0 Å². The number of benzene rings is 1. The van der Waals surface area contributed by atoms with Gasteiger partial charge < -0.3 is 16.4 Å². The summed E-state index contributed by atoms with van der Waals surface area (Å²) in [5, 5.41) is 0. The molecule has 0 aromatic heterocycles. The van der Waals surface area contributed by atoms with E-state index in [1.54, 1.807) is 12.1 Å². The predicted octanol–water partition coefficient (Wildman–Crippen LogP) is 1.17. The van der Waals surface area contributed by atoms with Gasteiger partial charge in [0.05, 0.1) is 5.69 Å². The Balaban J connectivity index is 2.44. The van der Waals surface area contributed by atoms with Crippen LogP contribution in [0.2, 0.25) is 0 Å². The van der Waals surface area contributed by atoms with Crippen LogP contribution in [-0.2, 0) is 10.0 Å². The van der Waals surface area contributed by atoms with Crippen molar-refractivity contribution in [3.05, 3.63) is 23.8 Å². The lowest BCUT2D eigenvalue weighted by atomic mass is 10.1. The van der Waals surface area contributed by atoms with Gasteiger partial charge in [-0.1, -0.05) is 13.3 Å². The fourth-order valence-corrected chi connectivity index (χ4v) is 4.22. The van der Waals surface area contributed by atoms with Gasteiger partial charge in [0.2, 0.25) is 10.0 Å². The smallest absolute Gasteiger partial charge is 0.280 e. The zero-order chi connectivity index (χ0) is 19.2. The SMILES string of the molecule is CCCCNS(=O)(=O)c1cc(C(=O)N=C(N)N)ccc1N1CCCCC1. The zero-order valence-corrected chi connectivity index (χ0v) is 15.9. The standard InChI is InChI=1S/C17H27N5O3S/c1-2-3-9-20-26(24,25)15-12-13(16(23)21-17(18)19)7-8-14(15)22-10-5-4-6-11-22/h7-8,12,20H,2-6,9-11H2,1H3,(H4,18,19,21,23). The highest BCUT2D eigenvalue weighted by Crippen LogP contribution is 2.29. The lowest BCUT2D eigenvalue weighted by Gasteiger charge is -2.30. The lowest BCUT2D eigenvalue weighted by Crippen LogP contribution is -2.33. The van der Waals surface area contributed by atoms with Crippen LogP contribution >= 0.6 is 0 Å². The van der Waals surface area contributed by atoms with Gasteiger partial charge in [-0.05, 0) is 43.9 Å². The molecular weight excluding hydrogens is 354 g/mol. The van der Waals surface area contributed by atoms with Crippen LogP contribution in [0.4, 0.5) is 5.69 Å². The molecule has 0 radical (unpaired) electrons. The van der Waals surface area contributed by atoms with Crippen molar-refractivity contribution in [3.8, 4) is 0 Å². The van der Waals surface area contributed by atoms with Crippen LogP contribution in [0.15, 0.2) is 28.1 Å². The van der Waals surface area contributed by atoms with Gasteiger partial charge in [0.25, 0.3) is 5.91 Å². The van der Waals surface area contributed by atoms with E-state index in [9.17, 15) is 13.2 Å². The van der Waals surface area contributed by atoms with Gasteiger partial charge in [0.15, 0.2) is 5.96 Å². The predicted molar refractivity (Wildman–Crippen MR) is 103 cm³/mol. The van der Waals surface area contributed by atoms with E-state index in [4.69, 9.17) is 11.5 Å². The molecule has 1 amide bonds. The van der Waals surface area contributed by atoms with Gasteiger partial charge in [0.1, 0.15) is 4.90 Å². The summed E-state index contributed by atoms with van der Waals surface area (Å²) >= 11 is 0. The molecule has 5 N–H and O–H groups in total. The van der Waals surface area contributed by atoms with Crippen molar-refractivity contribution in [3.63, 3.8) is 0 Å². The number of rotatable bonds is 7. The molecule has 144 valence electrons. The van der Waals surface area contributed by atoms with Gasteiger partial charge in [-0.25, -0.2) is 13.1 Å². The number of hydrogen-bond acceptors (Lipinski definition) is 4. The molecule has 26 heavy (non-hydrogen) atoms. The molecule has 0 spiro atoms. The van der Waals surface area contributed by atoms with Crippen LogP contribution in [0.5, 0.6) is 0 Å². The summed E-state index contributed by atoms with van der Waals surface area (Å²) in [6, 6.07) is 4.58. The third-order valence-electron chi connectivity index (χ3n) is 4.25. The Labute approximate surface area is 154 Å². The van der Waals surface area contributed by atoms with Crippen molar-refractivity contribution in [1.82, 2.24) is 4.72 Å². The van der Waals surface area contributed by atoms with E-state index in [1.807, 2.05) is 11.8 Å². The van der Waals surface area contributed by atoms with Crippen LogP contribution in [0.25, 0.3) is 0 Å². The third-order valence-corrected chi connectivity index (χ3v) is 5.74. The Morgan fingerprint density at radius 3 is 2.54 bits per heavy atom. The highest BCUT2D eigenvalue weighted by molar-refractivity contribution is 7.89. The molecule has 1 aliphatic heterocycles. The van der Waals surface area contributed by atoms with Crippen molar-refractivity contribution < 1.29 is 13.2 Å². The molecule has 9 heteroatoms. The average Bonchev–Trinajstić information content (AvgIpc) is 2.61. The van der Waals surface area contributed by atoms with Crippen molar-refractivity contribution in [2.75, 3.05) is 24.5 Å². The Morgan fingerprint density at radius 2 is 1.92 bits per heavy atom. The second-order valence-corrected chi connectivity index (χ2v) is 8.06. The number of carbonyl (C=O) groups excluding carboxylic acids is 1. The van der Waals surface area contributed by atoms with E-state index < -0.39 is 15.9 Å². The van der Waals surface area contributed by atoms with Crippen LogP contribution < -0.4 is 21.1 Å². The largest absolute Gasteiger partial charge is 0.370 e. The molecule has 1 fully saturated rings. The molecule has 0 atom stereocenters. The molecule has 0 bridgehead atoms. The molecule has 1 aliphatic rings. The number of unbranched alkanes of at least 4 members (excludes halogenated alkanes) is 1. The number of nitrogens with one attached hydrogen (secondary N) is 1. The van der Waals surface area contributed by atoms with Gasteiger partial charge in [0, 0.05) is 25.2 Å². The summed E-state index contributed by atoms with van der Waals surface area (Å²) < 4.78 is 28.3. The zero-order valence-electron chi connectivity index (χ0n) is 15.1. The molecule has 1 aromatic rings. The quantitative estimate of drug-likeness (QED) is 0.369. The maximum absolute atomic E-state index is 12.8. The Kier molecular flexibility index (Phi) is 6.98. The minimum absolute atomic E-state index is 0.0899. The van der Waals surface area contributed by atoms with E-state index in [1.165, 1.54) is 6.07 Å². The first-order chi connectivity index (χ1) is 12.3. The van der Waals surface area contributed by atoms with E-state index in [2.05, 4.69) is 9.71 Å². The van der Waals surface area contributed by atoms with Crippen LogP contribution in [0, 0.1) is 0 Å². The number of sulfonamides is 1. The summed E-state index contributed by atoms with van der Waals surface area (Å²) in [7, 11) is -3.75. The van der Waals surface area contributed by atoms with Crippen LogP contribution in [-0.4, -0.2) is 39.9 Å². The summed E-state index contributed by atoms with van der Waals surface area (Å²) in [6.07, 6.45) is 4.78. The molecule has 1 heterocycles. The number of piperidine rings is 1. The molecule has 0 unspecified atom stereocenters. The highest BCUT2D eigenvalue weighted by atomic mass is 32.2. The number of nitrogens with zero attached hydrogens (tertiary/aromatic N) is 2. The number of hydrogen-bond donors (Lipinski definition) is 3. The fraction of sp³-hybridized carbons (Fsp3) is 0.529. The number of aliphatic imine (C=N–C) groups is 1. The van der Waals surface area contributed by atoms with E-state index in [-0.39, 0.29) is 16.4 Å². The van der Waals surface area contributed by atoms with Gasteiger partial charge >= 0.3 is 0 Å². The molecular formula is C17H27N5O3S. The van der Waals surface area contributed by atoms with E-state index in [0.717, 1.165) is 45.2 Å². The number of guanidine groups is 1. The molecule has 8 nitrogen and oxygen atoms in total. The van der Waals surface area contributed by atoms with E-state index >= 15 is 0 Å². The first kappa shape index (κ1) is 20.2. The summed E-state index contributed by atoms with van der Waals surface area (Å²) in [5.74, 6) is -1.03. The Hall–Kier alpha value is -2.13. The summed E-state index contributed by atoms with van der Waals surface area (Å²) in [5.41, 5.74) is 11.2. The molecule has 0 saturated carbocycles. The summed E-state index contributed by atoms with van der Waals surface area (Å²) in [4.78, 5) is 17.7. The molecule has 2 rings (SSSR count). The molecule has 0 aliphatic carbocycles. The monoisotopic (exact) mass is 381 g/mol. The van der Waals surface area contributed by atoms with Crippen LogP contribution in [0.3, 0.4) is 0 Å². The minimum atomic E-state index is -3.75. The fourth-order valence-electron chi connectivity index (χ4n) is 2.90. The van der Waals surface area contributed by atoms with Crippen LogP contribution in [0.1, 0.15) is 49.4 Å². The lowest BCUT2D eigenvalue weighted by molar-refractivity contribution is 0.100. The summed E-state index contributed by atoms with van der Waals surface area (Å²) in [6.45, 7) is 3.92. The second kappa shape index (κ2) is 9.00. The number of anilines is 1. The average molecular weight is 382 g/mol. The van der Waals surface area contributed by atoms with Crippen molar-refractivity contribution in [2.45, 2.75) is 43.9 Å². The first-order valence-electron chi connectivity index (χ1n) is 8.88. The number of carbonyl (C=O) groups is 1. The maximum atomic E-state index is 12.8. The molecule has 1 saturated heterocycles. The highest BCUT2D eigenvalue weighted by Gasteiger charge is 2.24. The van der Waals surface area contributed by atoms with Crippen molar-refractivity contribution >= 4 is 27.6 Å². The minimum Gasteiger partial charge on any atom is -0.370 e. The maximum Gasteiger partial charge on any atom is 0.280 e. The van der Waals surface area contributed by atoms with Gasteiger partial charge in [-0.3, -0.25) is 4.79 Å². The first-order valence-corrected chi connectivity index (χ1v) is 10.4. The Morgan fingerprint density at radius 1 is 1.23 bits per heavy atom. The molecule has 1 aromatic carbocycles.